The molecule has 158 valence electrons. The van der Waals surface area contributed by atoms with Crippen LogP contribution in [0.5, 0.6) is 0 Å². The van der Waals surface area contributed by atoms with Crippen molar-refractivity contribution >= 4 is 26.0 Å². The van der Waals surface area contributed by atoms with Crippen LogP contribution in [0.3, 0.4) is 0 Å². The number of hydrogen-bond donors (Lipinski definition) is 1. The lowest BCUT2D eigenvalue weighted by Crippen LogP contribution is -2.35. The molecule has 1 aliphatic heterocycles. The fourth-order valence-electron chi connectivity index (χ4n) is 3.02. The van der Waals surface area contributed by atoms with Crippen LogP contribution in [0.1, 0.15) is 43.0 Å². The lowest BCUT2D eigenvalue weighted by Gasteiger charge is -2.26. The van der Waals surface area contributed by atoms with Gasteiger partial charge in [0.2, 0.25) is 20.0 Å². The number of nitrogens with zero attached hydrogens (tertiary/aromatic N) is 2. The molecule has 1 aromatic carbocycles. The van der Waals surface area contributed by atoms with Gasteiger partial charge in [0.25, 0.3) is 5.91 Å². The first-order valence-electron chi connectivity index (χ1n) is 9.51. The van der Waals surface area contributed by atoms with Gasteiger partial charge in [-0.15, -0.1) is 0 Å². The number of piperidine rings is 1. The van der Waals surface area contributed by atoms with E-state index < -0.39 is 20.0 Å². The molecular formula is C18H29N3O5S2. The minimum atomic E-state index is -3.59. The summed E-state index contributed by atoms with van der Waals surface area (Å²) in [5.74, 6) is -0.342. The summed E-state index contributed by atoms with van der Waals surface area (Å²) in [6.45, 7) is 3.20. The van der Waals surface area contributed by atoms with Crippen molar-refractivity contribution in [3.8, 4) is 0 Å². The zero-order chi connectivity index (χ0) is 20.8. The standard InChI is InChI=1S/C18H29N3O5S2/c1-3-27(23,24)20(2)12-8-11-19-18(22)16-9-7-10-17(15-16)28(25,26)21-13-5-4-6-14-21/h7,9-10,15H,3-6,8,11-14H2,1-2H3,(H,19,22). The van der Waals surface area contributed by atoms with Gasteiger partial charge in [0.1, 0.15) is 0 Å². The van der Waals surface area contributed by atoms with E-state index in [0.29, 0.717) is 32.6 Å². The van der Waals surface area contributed by atoms with Crippen LogP contribution in [0.25, 0.3) is 0 Å². The molecular weight excluding hydrogens is 402 g/mol. The van der Waals surface area contributed by atoms with Crippen LogP contribution in [-0.4, -0.2) is 70.3 Å². The van der Waals surface area contributed by atoms with Crippen molar-refractivity contribution < 1.29 is 21.6 Å². The molecule has 0 aliphatic carbocycles. The summed E-state index contributed by atoms with van der Waals surface area (Å²) in [5, 5.41) is 2.71. The van der Waals surface area contributed by atoms with Crippen molar-refractivity contribution in [2.75, 3.05) is 39.0 Å². The largest absolute Gasteiger partial charge is 0.352 e. The van der Waals surface area contributed by atoms with Crippen LogP contribution < -0.4 is 5.32 Å². The number of benzene rings is 1. The molecule has 1 amide bonds. The van der Waals surface area contributed by atoms with E-state index in [-0.39, 0.29) is 22.1 Å². The summed E-state index contributed by atoms with van der Waals surface area (Å²) < 4.78 is 51.6. The number of hydrogen-bond acceptors (Lipinski definition) is 5. The average molecular weight is 432 g/mol. The maximum Gasteiger partial charge on any atom is 0.251 e. The normalized spacial score (nSPS) is 16.2. The van der Waals surface area contributed by atoms with Gasteiger partial charge in [0.15, 0.2) is 0 Å². The van der Waals surface area contributed by atoms with E-state index in [1.807, 2.05) is 0 Å². The van der Waals surface area contributed by atoms with Gasteiger partial charge in [-0.3, -0.25) is 4.79 Å². The number of nitrogens with one attached hydrogen (secondary N) is 1. The van der Waals surface area contributed by atoms with E-state index in [2.05, 4.69) is 5.32 Å². The summed E-state index contributed by atoms with van der Waals surface area (Å²) in [6.07, 6.45) is 3.19. The van der Waals surface area contributed by atoms with Crippen molar-refractivity contribution in [3.05, 3.63) is 29.8 Å². The van der Waals surface area contributed by atoms with E-state index in [1.165, 1.54) is 27.8 Å². The quantitative estimate of drug-likeness (QED) is 0.593. The average Bonchev–Trinajstić information content (AvgIpc) is 2.71. The minimum absolute atomic E-state index is 0.0359. The van der Waals surface area contributed by atoms with E-state index in [4.69, 9.17) is 0 Å². The first kappa shape index (κ1) is 22.8. The van der Waals surface area contributed by atoms with Gasteiger partial charge in [0, 0.05) is 38.8 Å². The number of carbonyl (C=O) groups excluding carboxylic acids is 1. The first-order chi connectivity index (χ1) is 13.2. The van der Waals surface area contributed by atoms with Crippen molar-refractivity contribution in [1.29, 1.82) is 0 Å². The Morgan fingerprint density at radius 3 is 2.46 bits per heavy atom. The molecule has 1 N–H and O–H groups in total. The Hall–Kier alpha value is -1.49. The van der Waals surface area contributed by atoms with Crippen molar-refractivity contribution in [2.45, 2.75) is 37.5 Å². The van der Waals surface area contributed by atoms with Gasteiger partial charge >= 0.3 is 0 Å². The number of amides is 1. The van der Waals surface area contributed by atoms with Crippen LogP contribution in [0.15, 0.2) is 29.2 Å². The van der Waals surface area contributed by atoms with E-state index >= 15 is 0 Å². The molecule has 28 heavy (non-hydrogen) atoms. The highest BCUT2D eigenvalue weighted by molar-refractivity contribution is 7.89. The molecule has 0 saturated carbocycles. The van der Waals surface area contributed by atoms with Gasteiger partial charge in [-0.25, -0.2) is 21.1 Å². The molecule has 0 radical (unpaired) electrons. The van der Waals surface area contributed by atoms with Gasteiger partial charge in [-0.2, -0.15) is 4.31 Å². The minimum Gasteiger partial charge on any atom is -0.352 e. The zero-order valence-electron chi connectivity index (χ0n) is 16.4. The van der Waals surface area contributed by atoms with Crippen LogP contribution in [0.2, 0.25) is 0 Å². The molecule has 2 rings (SSSR count). The van der Waals surface area contributed by atoms with Crippen LogP contribution in [0.4, 0.5) is 0 Å². The molecule has 1 saturated heterocycles. The third kappa shape index (κ3) is 5.76. The zero-order valence-corrected chi connectivity index (χ0v) is 18.1. The van der Waals surface area contributed by atoms with Gasteiger partial charge in [-0.1, -0.05) is 12.5 Å². The molecule has 0 aromatic heterocycles. The molecule has 8 nitrogen and oxygen atoms in total. The monoisotopic (exact) mass is 431 g/mol. The highest BCUT2D eigenvalue weighted by atomic mass is 32.2. The van der Waals surface area contributed by atoms with E-state index in [0.717, 1.165) is 19.3 Å². The summed E-state index contributed by atoms with van der Waals surface area (Å²) in [4.78, 5) is 12.5. The molecule has 1 fully saturated rings. The Bertz CT molecular complexity index is 878. The third-order valence-corrected chi connectivity index (χ3v) is 8.58. The SMILES string of the molecule is CCS(=O)(=O)N(C)CCCNC(=O)c1cccc(S(=O)(=O)N2CCCCC2)c1. The maximum atomic E-state index is 12.8. The molecule has 1 aromatic rings. The Kier molecular flexibility index (Phi) is 7.99. The molecule has 0 atom stereocenters. The Morgan fingerprint density at radius 1 is 1.14 bits per heavy atom. The molecule has 0 spiro atoms. The predicted octanol–water partition coefficient (Wildman–Crippen LogP) is 1.26. The molecule has 1 heterocycles. The van der Waals surface area contributed by atoms with Crippen molar-refractivity contribution in [2.24, 2.45) is 0 Å². The van der Waals surface area contributed by atoms with Crippen LogP contribution in [-0.2, 0) is 20.0 Å². The second-order valence-electron chi connectivity index (χ2n) is 6.82. The predicted molar refractivity (Wildman–Crippen MR) is 108 cm³/mol. The fourth-order valence-corrected chi connectivity index (χ4v) is 5.43. The second-order valence-corrected chi connectivity index (χ2v) is 11.1. The Labute approximate surface area is 168 Å². The Balaban J connectivity index is 1.95. The van der Waals surface area contributed by atoms with Crippen LogP contribution in [0, 0.1) is 0 Å². The maximum absolute atomic E-state index is 12.8. The molecule has 1 aliphatic rings. The fraction of sp³-hybridized carbons (Fsp3) is 0.611. The van der Waals surface area contributed by atoms with Crippen molar-refractivity contribution in [3.63, 3.8) is 0 Å². The molecule has 0 bridgehead atoms. The molecule has 10 heteroatoms. The summed E-state index contributed by atoms with van der Waals surface area (Å²) in [5.41, 5.74) is 0.271. The smallest absolute Gasteiger partial charge is 0.251 e. The van der Waals surface area contributed by atoms with Gasteiger partial charge < -0.3 is 5.32 Å². The summed E-state index contributed by atoms with van der Waals surface area (Å²) in [7, 11) is -5.32. The van der Waals surface area contributed by atoms with Gasteiger partial charge in [-0.05, 0) is 44.4 Å². The van der Waals surface area contributed by atoms with Crippen molar-refractivity contribution in [1.82, 2.24) is 13.9 Å². The van der Waals surface area contributed by atoms with Gasteiger partial charge in [0.05, 0.1) is 10.6 Å². The first-order valence-corrected chi connectivity index (χ1v) is 12.6. The lowest BCUT2D eigenvalue weighted by atomic mass is 10.2. The topological polar surface area (TPSA) is 104 Å². The highest BCUT2D eigenvalue weighted by Gasteiger charge is 2.26. The summed E-state index contributed by atoms with van der Waals surface area (Å²) in [6, 6.07) is 6.03. The number of rotatable bonds is 9. The lowest BCUT2D eigenvalue weighted by molar-refractivity contribution is 0.0952. The summed E-state index contributed by atoms with van der Waals surface area (Å²) >= 11 is 0. The van der Waals surface area contributed by atoms with E-state index in [9.17, 15) is 21.6 Å². The Morgan fingerprint density at radius 2 is 1.82 bits per heavy atom. The third-order valence-electron chi connectivity index (χ3n) is 4.82. The highest BCUT2D eigenvalue weighted by Crippen LogP contribution is 2.21. The van der Waals surface area contributed by atoms with Crippen LogP contribution >= 0.6 is 0 Å². The number of carbonyl (C=O) groups is 1. The second kappa shape index (κ2) is 9.82. The molecule has 0 unspecified atom stereocenters. The number of sulfonamides is 2. The van der Waals surface area contributed by atoms with E-state index in [1.54, 1.807) is 19.1 Å².